The molecule has 0 spiro atoms. The van der Waals surface area contributed by atoms with Gasteiger partial charge in [0.05, 0.1) is 6.04 Å². The number of anilines is 1. The highest BCUT2D eigenvalue weighted by Gasteiger charge is 2.47. The third kappa shape index (κ3) is 2.21. The van der Waals surface area contributed by atoms with Crippen molar-refractivity contribution in [3.8, 4) is 0 Å². The fraction of sp³-hybridized carbons (Fsp3) is 0.500. The summed E-state index contributed by atoms with van der Waals surface area (Å²) in [6.45, 7) is 1.94. The number of amides is 1. The van der Waals surface area contributed by atoms with Gasteiger partial charge in [-0.3, -0.25) is 4.79 Å². The summed E-state index contributed by atoms with van der Waals surface area (Å²) >= 11 is 3.31. The number of carbonyl (C=O) groups excluding carboxylic acids is 1. The molecule has 1 saturated carbocycles. The SMILES string of the molecule is Cc1ccc(Br)nc1NC(=O)[C@@H]1C[C@@H]2C[C@@H]2N1. The number of rotatable bonds is 2. The molecule has 1 aliphatic heterocycles. The lowest BCUT2D eigenvalue weighted by Crippen LogP contribution is -2.38. The van der Waals surface area contributed by atoms with Crippen molar-refractivity contribution >= 4 is 27.7 Å². The smallest absolute Gasteiger partial charge is 0.242 e. The number of piperidine rings is 1. The van der Waals surface area contributed by atoms with Gasteiger partial charge >= 0.3 is 0 Å². The van der Waals surface area contributed by atoms with Gasteiger partial charge in [-0.1, -0.05) is 6.07 Å². The first kappa shape index (κ1) is 11.2. The number of aryl methyl sites for hydroxylation is 1. The maximum absolute atomic E-state index is 12.0. The van der Waals surface area contributed by atoms with Crippen molar-refractivity contribution in [2.24, 2.45) is 5.92 Å². The monoisotopic (exact) mass is 295 g/mol. The molecular formula is C12H14BrN3O. The molecule has 0 bridgehead atoms. The molecule has 1 aliphatic carbocycles. The summed E-state index contributed by atoms with van der Waals surface area (Å²) in [6, 6.07) is 4.35. The van der Waals surface area contributed by atoms with E-state index in [0.29, 0.717) is 11.9 Å². The number of aromatic nitrogens is 1. The molecule has 0 radical (unpaired) electrons. The summed E-state index contributed by atoms with van der Waals surface area (Å²) in [7, 11) is 0. The number of hydrogen-bond donors (Lipinski definition) is 2. The van der Waals surface area contributed by atoms with E-state index in [9.17, 15) is 4.79 Å². The van der Waals surface area contributed by atoms with Crippen LogP contribution in [-0.4, -0.2) is 23.0 Å². The molecule has 2 heterocycles. The van der Waals surface area contributed by atoms with E-state index < -0.39 is 0 Å². The Morgan fingerprint density at radius 1 is 1.53 bits per heavy atom. The zero-order valence-corrected chi connectivity index (χ0v) is 11.1. The van der Waals surface area contributed by atoms with Crippen molar-refractivity contribution in [2.45, 2.75) is 31.8 Å². The van der Waals surface area contributed by atoms with Gasteiger partial charge in [0.25, 0.3) is 0 Å². The zero-order valence-electron chi connectivity index (χ0n) is 9.53. The zero-order chi connectivity index (χ0) is 12.0. The molecule has 2 fully saturated rings. The predicted molar refractivity (Wildman–Crippen MR) is 68.7 cm³/mol. The number of carbonyl (C=O) groups is 1. The first-order chi connectivity index (χ1) is 8.13. The van der Waals surface area contributed by atoms with Crippen molar-refractivity contribution in [3.05, 3.63) is 22.3 Å². The first-order valence-electron chi connectivity index (χ1n) is 5.83. The Hall–Kier alpha value is -0.940. The van der Waals surface area contributed by atoms with Gasteiger partial charge in [0.1, 0.15) is 10.4 Å². The summed E-state index contributed by atoms with van der Waals surface area (Å²) in [4.78, 5) is 16.3. The number of nitrogens with zero attached hydrogens (tertiary/aromatic N) is 1. The molecule has 1 amide bonds. The van der Waals surface area contributed by atoms with Gasteiger partial charge in [-0.25, -0.2) is 4.98 Å². The molecule has 1 aromatic heterocycles. The molecule has 3 rings (SSSR count). The van der Waals surface area contributed by atoms with Crippen molar-refractivity contribution in [1.29, 1.82) is 0 Å². The number of halogens is 1. The molecule has 90 valence electrons. The van der Waals surface area contributed by atoms with Gasteiger partial charge in [-0.05, 0) is 53.2 Å². The molecular weight excluding hydrogens is 282 g/mol. The van der Waals surface area contributed by atoms with Crippen LogP contribution in [0, 0.1) is 12.8 Å². The number of fused-ring (bicyclic) bond motifs is 1. The molecule has 1 saturated heterocycles. The standard InChI is InChI=1S/C12H14BrN3O/c1-6-2-3-10(13)15-11(6)16-12(17)9-5-7-4-8(7)14-9/h2-3,7-9,14H,4-5H2,1H3,(H,15,16,17)/t7-,8-,9-/m0/s1. The quantitative estimate of drug-likeness (QED) is 0.819. The molecule has 1 aromatic rings. The normalized spacial score (nSPS) is 29.9. The Bertz CT molecular complexity index is 467. The van der Waals surface area contributed by atoms with E-state index in [2.05, 4.69) is 31.5 Å². The van der Waals surface area contributed by atoms with Crippen LogP contribution in [0.25, 0.3) is 0 Å². The Kier molecular flexibility index (Phi) is 2.67. The topological polar surface area (TPSA) is 54.0 Å². The molecule has 2 aliphatic rings. The van der Waals surface area contributed by atoms with E-state index in [1.54, 1.807) is 0 Å². The summed E-state index contributed by atoms with van der Waals surface area (Å²) < 4.78 is 0.737. The second kappa shape index (κ2) is 4.07. The summed E-state index contributed by atoms with van der Waals surface area (Å²) in [5.41, 5.74) is 0.977. The predicted octanol–water partition coefficient (Wildman–Crippen LogP) is 1.84. The first-order valence-corrected chi connectivity index (χ1v) is 6.63. The molecule has 17 heavy (non-hydrogen) atoms. The number of hydrogen-bond acceptors (Lipinski definition) is 3. The van der Waals surface area contributed by atoms with E-state index >= 15 is 0 Å². The minimum atomic E-state index is -0.0427. The van der Waals surface area contributed by atoms with Gasteiger partial charge in [0, 0.05) is 6.04 Å². The fourth-order valence-electron chi connectivity index (χ4n) is 2.36. The highest BCUT2D eigenvalue weighted by molar-refractivity contribution is 9.10. The summed E-state index contributed by atoms with van der Waals surface area (Å²) in [5, 5.41) is 6.22. The van der Waals surface area contributed by atoms with Gasteiger partial charge < -0.3 is 10.6 Å². The minimum Gasteiger partial charge on any atom is -0.309 e. The molecule has 0 aromatic carbocycles. The van der Waals surface area contributed by atoms with Gasteiger partial charge in [-0.15, -0.1) is 0 Å². The van der Waals surface area contributed by atoms with Gasteiger partial charge in [0.15, 0.2) is 0 Å². The summed E-state index contributed by atoms with van der Waals surface area (Å²) in [5.74, 6) is 1.40. The van der Waals surface area contributed by atoms with Crippen LogP contribution in [-0.2, 0) is 4.79 Å². The summed E-state index contributed by atoms with van der Waals surface area (Å²) in [6.07, 6.45) is 2.20. The molecule has 0 unspecified atom stereocenters. The van der Waals surface area contributed by atoms with Crippen LogP contribution in [0.15, 0.2) is 16.7 Å². The largest absolute Gasteiger partial charge is 0.309 e. The van der Waals surface area contributed by atoms with E-state index in [-0.39, 0.29) is 11.9 Å². The van der Waals surface area contributed by atoms with Crippen molar-refractivity contribution in [1.82, 2.24) is 10.3 Å². The minimum absolute atomic E-state index is 0.0332. The van der Waals surface area contributed by atoms with Crippen LogP contribution in [0.5, 0.6) is 0 Å². The van der Waals surface area contributed by atoms with Crippen LogP contribution in [0.2, 0.25) is 0 Å². The Labute approximate surface area is 108 Å². The Morgan fingerprint density at radius 2 is 2.35 bits per heavy atom. The van der Waals surface area contributed by atoms with E-state index in [0.717, 1.165) is 22.5 Å². The lowest BCUT2D eigenvalue weighted by atomic mass is 10.1. The molecule has 5 heteroatoms. The number of pyridine rings is 1. The van der Waals surface area contributed by atoms with Crippen molar-refractivity contribution < 1.29 is 4.79 Å². The molecule has 3 atom stereocenters. The lowest BCUT2D eigenvalue weighted by molar-refractivity contribution is -0.118. The number of nitrogens with one attached hydrogen (secondary N) is 2. The van der Waals surface area contributed by atoms with Crippen LogP contribution in [0.3, 0.4) is 0 Å². The highest BCUT2D eigenvalue weighted by Crippen LogP contribution is 2.40. The van der Waals surface area contributed by atoms with Crippen molar-refractivity contribution in [2.75, 3.05) is 5.32 Å². The lowest BCUT2D eigenvalue weighted by Gasteiger charge is -2.14. The third-order valence-electron chi connectivity index (χ3n) is 3.50. The average molecular weight is 296 g/mol. The maximum Gasteiger partial charge on any atom is 0.242 e. The Balaban J connectivity index is 1.69. The van der Waals surface area contributed by atoms with Gasteiger partial charge in [-0.2, -0.15) is 0 Å². The van der Waals surface area contributed by atoms with Gasteiger partial charge in [0.2, 0.25) is 5.91 Å². The van der Waals surface area contributed by atoms with Crippen LogP contribution >= 0.6 is 15.9 Å². The fourth-order valence-corrected chi connectivity index (χ4v) is 2.67. The van der Waals surface area contributed by atoms with Crippen LogP contribution in [0.4, 0.5) is 5.82 Å². The average Bonchev–Trinajstić information content (AvgIpc) is 2.91. The van der Waals surface area contributed by atoms with E-state index in [4.69, 9.17) is 0 Å². The third-order valence-corrected chi connectivity index (χ3v) is 3.94. The van der Waals surface area contributed by atoms with E-state index in [1.165, 1.54) is 6.42 Å². The highest BCUT2D eigenvalue weighted by atomic mass is 79.9. The van der Waals surface area contributed by atoms with Crippen LogP contribution < -0.4 is 10.6 Å². The molecule has 4 nitrogen and oxygen atoms in total. The Morgan fingerprint density at radius 3 is 3.06 bits per heavy atom. The second-order valence-corrected chi connectivity index (χ2v) is 5.66. The molecule has 2 N–H and O–H groups in total. The second-order valence-electron chi connectivity index (χ2n) is 4.85. The van der Waals surface area contributed by atoms with Crippen LogP contribution in [0.1, 0.15) is 18.4 Å². The maximum atomic E-state index is 12.0. The van der Waals surface area contributed by atoms with Crippen molar-refractivity contribution in [3.63, 3.8) is 0 Å². The van der Waals surface area contributed by atoms with E-state index in [1.807, 2.05) is 19.1 Å².